The highest BCUT2D eigenvalue weighted by molar-refractivity contribution is 6.89. The molecular weight excluding hydrogens is 314 g/mol. The Morgan fingerprint density at radius 1 is 1.00 bits per heavy atom. The number of rotatable bonds is 4. The Balaban J connectivity index is 0.00000139. The number of phenols is 1. The summed E-state index contributed by atoms with van der Waals surface area (Å²) in [6.07, 6.45) is 0.728. The van der Waals surface area contributed by atoms with E-state index in [4.69, 9.17) is 4.74 Å². The summed E-state index contributed by atoms with van der Waals surface area (Å²) >= 11 is 0. The van der Waals surface area contributed by atoms with E-state index >= 15 is 0 Å². The van der Waals surface area contributed by atoms with E-state index in [1.165, 1.54) is 12.2 Å². The molecule has 24 heavy (non-hydrogen) atoms. The number of ether oxygens (including phenoxy) is 1. The van der Waals surface area contributed by atoms with Crippen LogP contribution in [0.15, 0.2) is 48.5 Å². The van der Waals surface area contributed by atoms with Crippen molar-refractivity contribution in [3.05, 3.63) is 54.1 Å². The van der Waals surface area contributed by atoms with Crippen LogP contribution in [0.4, 0.5) is 0 Å². The van der Waals surface area contributed by atoms with Crippen LogP contribution in [-0.2, 0) is 5.41 Å². The predicted octanol–water partition coefficient (Wildman–Crippen LogP) is 3.80. The first-order valence-electron chi connectivity index (χ1n) is 8.30. The normalized spacial score (nSPS) is 11.5. The average molecular weight is 346 g/mol. The first kappa shape index (κ1) is 20.3. The molecule has 2 aromatic rings. The zero-order valence-electron chi connectivity index (χ0n) is 15.8. The van der Waals surface area contributed by atoms with Gasteiger partial charge in [0.05, 0.1) is 6.23 Å². The number of nitrogens with two attached hydrogens (primary N) is 1. The Bertz CT molecular complexity index is 634. The smallest absolute Gasteiger partial charge is 0.124 e. The fraction of sp³-hybridized carbons (Fsp3) is 0.400. The Morgan fingerprint density at radius 3 is 2.12 bits per heavy atom. The van der Waals surface area contributed by atoms with Crippen molar-refractivity contribution in [3.8, 4) is 11.5 Å². The van der Waals surface area contributed by atoms with Crippen molar-refractivity contribution in [3.63, 3.8) is 0 Å². The zero-order chi connectivity index (χ0) is 18.4. The number of hydrogen-bond acceptors (Lipinski definition) is 3. The standard InChI is InChI=1S/C19H26O2Si.CH5N/c1-19(2,3)17-13-15(11-12-18(17)20)21-14-22(4,5)16-9-7-6-8-10-16;1-2/h6-13,20H,14H2,1-5H3;2H2,1H3. The molecule has 3 nitrogen and oxygen atoms in total. The third-order valence-corrected chi connectivity index (χ3v) is 6.69. The zero-order valence-corrected chi connectivity index (χ0v) is 16.8. The number of phenolic OH excluding ortho intramolecular Hbond substituents is 1. The van der Waals surface area contributed by atoms with Crippen molar-refractivity contribution in [1.82, 2.24) is 0 Å². The predicted molar refractivity (Wildman–Crippen MR) is 106 cm³/mol. The highest BCUT2D eigenvalue weighted by Gasteiger charge is 2.25. The quantitative estimate of drug-likeness (QED) is 0.829. The Labute approximate surface area is 147 Å². The molecule has 0 atom stereocenters. The molecule has 3 N–H and O–H groups in total. The molecule has 0 saturated heterocycles. The molecule has 0 bridgehead atoms. The molecule has 0 fully saturated rings. The molecule has 0 heterocycles. The largest absolute Gasteiger partial charge is 0.508 e. The van der Waals surface area contributed by atoms with E-state index in [2.05, 4.69) is 63.9 Å². The van der Waals surface area contributed by atoms with Crippen molar-refractivity contribution in [2.75, 3.05) is 13.3 Å². The van der Waals surface area contributed by atoms with E-state index in [9.17, 15) is 5.11 Å². The molecule has 2 rings (SSSR count). The molecular formula is C20H31NO2Si. The maximum atomic E-state index is 10.0. The van der Waals surface area contributed by atoms with Gasteiger partial charge in [-0.3, -0.25) is 0 Å². The molecule has 0 saturated carbocycles. The van der Waals surface area contributed by atoms with Crippen LogP contribution in [0.25, 0.3) is 0 Å². The SMILES string of the molecule is CC(C)(C)c1cc(OC[Si](C)(C)c2ccccc2)ccc1O.CN. The van der Waals surface area contributed by atoms with Gasteiger partial charge in [0.15, 0.2) is 0 Å². The van der Waals surface area contributed by atoms with Crippen molar-refractivity contribution in [1.29, 1.82) is 0 Å². The van der Waals surface area contributed by atoms with E-state index in [1.54, 1.807) is 6.07 Å². The van der Waals surface area contributed by atoms with Gasteiger partial charge in [0.1, 0.15) is 19.6 Å². The van der Waals surface area contributed by atoms with E-state index in [1.807, 2.05) is 18.2 Å². The summed E-state index contributed by atoms with van der Waals surface area (Å²) in [6, 6.07) is 16.1. The maximum Gasteiger partial charge on any atom is 0.124 e. The molecule has 0 unspecified atom stereocenters. The number of benzene rings is 2. The maximum absolute atomic E-state index is 10.0. The van der Waals surface area contributed by atoms with Crippen LogP contribution in [0.5, 0.6) is 11.5 Å². The van der Waals surface area contributed by atoms with Gasteiger partial charge in [0, 0.05) is 5.56 Å². The molecule has 0 radical (unpaired) electrons. The van der Waals surface area contributed by atoms with Gasteiger partial charge in [-0.15, -0.1) is 0 Å². The first-order chi connectivity index (χ1) is 11.2. The van der Waals surface area contributed by atoms with Gasteiger partial charge in [-0.05, 0) is 30.7 Å². The molecule has 132 valence electrons. The lowest BCUT2D eigenvalue weighted by atomic mass is 9.86. The molecule has 2 aromatic carbocycles. The van der Waals surface area contributed by atoms with Crippen LogP contribution in [-0.4, -0.2) is 26.5 Å². The number of hydrogen-bond donors (Lipinski definition) is 2. The average Bonchev–Trinajstić information content (AvgIpc) is 2.56. The molecule has 0 amide bonds. The fourth-order valence-electron chi connectivity index (χ4n) is 2.44. The molecule has 0 aliphatic carbocycles. The third-order valence-electron chi connectivity index (χ3n) is 3.93. The lowest BCUT2D eigenvalue weighted by Crippen LogP contribution is -2.47. The molecule has 0 spiro atoms. The highest BCUT2D eigenvalue weighted by atomic mass is 28.3. The Kier molecular flexibility index (Phi) is 7.05. The minimum Gasteiger partial charge on any atom is -0.508 e. The minimum absolute atomic E-state index is 0.101. The van der Waals surface area contributed by atoms with Gasteiger partial charge < -0.3 is 15.6 Å². The van der Waals surface area contributed by atoms with Crippen LogP contribution >= 0.6 is 0 Å². The first-order valence-corrected chi connectivity index (χ1v) is 11.5. The van der Waals surface area contributed by atoms with Gasteiger partial charge in [-0.2, -0.15) is 0 Å². The monoisotopic (exact) mass is 345 g/mol. The topological polar surface area (TPSA) is 55.5 Å². The summed E-state index contributed by atoms with van der Waals surface area (Å²) in [5.74, 6) is 1.17. The van der Waals surface area contributed by atoms with E-state index < -0.39 is 8.07 Å². The van der Waals surface area contributed by atoms with Gasteiger partial charge in [0.25, 0.3) is 0 Å². The van der Waals surface area contributed by atoms with Crippen molar-refractivity contribution < 1.29 is 9.84 Å². The summed E-state index contributed by atoms with van der Waals surface area (Å²) in [7, 11) is -0.124. The molecule has 0 aliphatic rings. The van der Waals surface area contributed by atoms with Crippen LogP contribution in [0.2, 0.25) is 13.1 Å². The number of aromatic hydroxyl groups is 1. The van der Waals surface area contributed by atoms with E-state index in [0.29, 0.717) is 5.75 Å². The summed E-state index contributed by atoms with van der Waals surface area (Å²) in [5, 5.41) is 11.4. The summed E-state index contributed by atoms with van der Waals surface area (Å²) in [6.45, 7) is 10.9. The van der Waals surface area contributed by atoms with Crippen molar-refractivity contribution >= 4 is 13.3 Å². The Morgan fingerprint density at radius 2 is 1.58 bits per heavy atom. The van der Waals surface area contributed by atoms with Crippen LogP contribution in [0.1, 0.15) is 26.3 Å². The Hall–Kier alpha value is -1.78. The second kappa shape index (κ2) is 8.35. The minimum atomic E-state index is -1.62. The summed E-state index contributed by atoms with van der Waals surface area (Å²) in [5.41, 5.74) is 5.32. The lowest BCUT2D eigenvalue weighted by molar-refractivity contribution is 0.374. The molecule has 4 heteroatoms. The van der Waals surface area contributed by atoms with E-state index in [-0.39, 0.29) is 5.41 Å². The van der Waals surface area contributed by atoms with E-state index in [0.717, 1.165) is 17.5 Å². The van der Waals surface area contributed by atoms with Gasteiger partial charge in [-0.25, -0.2) is 0 Å². The lowest BCUT2D eigenvalue weighted by Gasteiger charge is -2.25. The molecule has 0 aromatic heterocycles. The van der Waals surface area contributed by atoms with Gasteiger partial charge in [-0.1, -0.05) is 69.4 Å². The van der Waals surface area contributed by atoms with Crippen molar-refractivity contribution in [2.24, 2.45) is 5.73 Å². The van der Waals surface area contributed by atoms with Crippen LogP contribution < -0.4 is 15.7 Å². The van der Waals surface area contributed by atoms with Gasteiger partial charge in [0.2, 0.25) is 0 Å². The second-order valence-electron chi connectivity index (χ2n) is 7.47. The second-order valence-corrected chi connectivity index (χ2v) is 12.1. The van der Waals surface area contributed by atoms with Crippen LogP contribution in [0, 0.1) is 0 Å². The summed E-state index contributed by atoms with van der Waals surface area (Å²) < 4.78 is 6.07. The van der Waals surface area contributed by atoms with Crippen LogP contribution in [0.3, 0.4) is 0 Å². The fourth-order valence-corrected chi connectivity index (χ4v) is 4.23. The molecule has 0 aliphatic heterocycles. The van der Waals surface area contributed by atoms with Crippen molar-refractivity contribution in [2.45, 2.75) is 39.3 Å². The van der Waals surface area contributed by atoms with Gasteiger partial charge >= 0.3 is 0 Å². The third kappa shape index (κ3) is 5.39. The highest BCUT2D eigenvalue weighted by Crippen LogP contribution is 2.33. The summed E-state index contributed by atoms with van der Waals surface area (Å²) in [4.78, 5) is 0.